The molecule has 1 aromatic rings. The van der Waals surface area contributed by atoms with Gasteiger partial charge in [-0.05, 0) is 56.5 Å². The summed E-state index contributed by atoms with van der Waals surface area (Å²) in [5, 5.41) is 0. The molecule has 0 aromatic heterocycles. The van der Waals surface area contributed by atoms with E-state index in [1.54, 1.807) is 0 Å². The van der Waals surface area contributed by atoms with Crippen molar-refractivity contribution in [1.29, 1.82) is 0 Å². The number of halogens is 1. The molecule has 0 unspecified atom stereocenters. The highest BCUT2D eigenvalue weighted by Gasteiger charge is 2.24. The number of nitrogens with zero attached hydrogens (tertiary/aromatic N) is 1. The van der Waals surface area contributed by atoms with Gasteiger partial charge in [0.05, 0.1) is 5.56 Å². The molecule has 1 fully saturated rings. The first kappa shape index (κ1) is 16.3. The molecule has 0 atom stereocenters. The molecule has 0 aliphatic carbocycles. The number of carbonyl (C=O) groups excluding carboxylic acids is 1. The molecule has 0 spiro atoms. The first-order valence-electron chi connectivity index (χ1n) is 7.41. The van der Waals surface area contributed by atoms with Crippen LogP contribution in [0, 0.1) is 6.92 Å². The molecular weight excluding hydrogens is 288 g/mol. The summed E-state index contributed by atoms with van der Waals surface area (Å²) in [4.78, 5) is 14.0. The Labute approximate surface area is 132 Å². The van der Waals surface area contributed by atoms with Gasteiger partial charge in [-0.15, -0.1) is 12.4 Å². The van der Waals surface area contributed by atoms with E-state index in [-0.39, 0.29) is 18.4 Å². The number of esters is 1. The topological polar surface area (TPSA) is 55.6 Å². The van der Waals surface area contributed by atoms with Crippen molar-refractivity contribution in [3.63, 3.8) is 0 Å². The summed E-state index contributed by atoms with van der Waals surface area (Å²) >= 11 is 0. The van der Waals surface area contributed by atoms with Crippen LogP contribution in [0.2, 0.25) is 0 Å². The molecule has 1 aromatic carbocycles. The number of hydrogen-bond donors (Lipinski definition) is 1. The van der Waals surface area contributed by atoms with Crippen molar-refractivity contribution in [2.75, 3.05) is 19.6 Å². The summed E-state index contributed by atoms with van der Waals surface area (Å²) in [7, 11) is 0. The van der Waals surface area contributed by atoms with E-state index in [0.29, 0.717) is 12.6 Å². The van der Waals surface area contributed by atoms with Crippen LogP contribution in [0.4, 0.5) is 0 Å². The van der Waals surface area contributed by atoms with Crippen molar-refractivity contribution in [3.8, 4) is 0 Å². The minimum absolute atomic E-state index is 0. The first-order valence-corrected chi connectivity index (χ1v) is 7.41. The highest BCUT2D eigenvalue weighted by Crippen LogP contribution is 2.26. The molecule has 2 aliphatic heterocycles. The van der Waals surface area contributed by atoms with Gasteiger partial charge in [0.25, 0.3) is 0 Å². The molecule has 0 radical (unpaired) electrons. The van der Waals surface area contributed by atoms with Crippen molar-refractivity contribution >= 4 is 18.4 Å². The third-order valence-electron chi connectivity index (χ3n) is 4.61. The van der Waals surface area contributed by atoms with Crippen LogP contribution in [0.25, 0.3) is 0 Å². The molecule has 0 amide bonds. The van der Waals surface area contributed by atoms with Crippen LogP contribution < -0.4 is 5.73 Å². The van der Waals surface area contributed by atoms with Crippen LogP contribution in [-0.4, -0.2) is 36.5 Å². The number of cyclic esters (lactones) is 1. The molecule has 0 bridgehead atoms. The Kier molecular flexibility index (Phi) is 5.25. The van der Waals surface area contributed by atoms with E-state index >= 15 is 0 Å². The molecule has 3 rings (SSSR count). The SMILES string of the molecule is Cc1c(CCN2CCC(N)CC2)ccc2c1COC2=O.Cl. The fraction of sp³-hybridized carbons (Fsp3) is 0.562. The van der Waals surface area contributed by atoms with Crippen LogP contribution in [0.5, 0.6) is 0 Å². The molecule has 5 heteroatoms. The van der Waals surface area contributed by atoms with Gasteiger partial charge in [-0.2, -0.15) is 0 Å². The van der Waals surface area contributed by atoms with Gasteiger partial charge in [0.1, 0.15) is 6.61 Å². The second-order valence-corrected chi connectivity index (χ2v) is 5.88. The molecule has 0 saturated carbocycles. The fourth-order valence-electron chi connectivity index (χ4n) is 3.12. The summed E-state index contributed by atoms with van der Waals surface area (Å²) in [5.41, 5.74) is 10.3. The van der Waals surface area contributed by atoms with Crippen LogP contribution >= 0.6 is 12.4 Å². The molecule has 2 aliphatic rings. The van der Waals surface area contributed by atoms with Crippen molar-refractivity contribution in [2.24, 2.45) is 5.73 Å². The van der Waals surface area contributed by atoms with E-state index in [1.807, 2.05) is 6.07 Å². The minimum Gasteiger partial charge on any atom is -0.457 e. The molecule has 2 N–H and O–H groups in total. The van der Waals surface area contributed by atoms with Crippen molar-refractivity contribution in [2.45, 2.75) is 38.8 Å². The van der Waals surface area contributed by atoms with Gasteiger partial charge in [0.2, 0.25) is 0 Å². The number of benzene rings is 1. The van der Waals surface area contributed by atoms with Crippen molar-refractivity contribution in [1.82, 2.24) is 4.90 Å². The van der Waals surface area contributed by atoms with Gasteiger partial charge in [-0.3, -0.25) is 0 Å². The van der Waals surface area contributed by atoms with Crippen LogP contribution in [0.3, 0.4) is 0 Å². The molecular formula is C16H23ClN2O2. The number of fused-ring (bicyclic) bond motifs is 1. The lowest BCUT2D eigenvalue weighted by atomic mass is 9.96. The van der Waals surface area contributed by atoms with Gasteiger partial charge < -0.3 is 15.4 Å². The lowest BCUT2D eigenvalue weighted by Crippen LogP contribution is -2.40. The van der Waals surface area contributed by atoms with E-state index in [4.69, 9.17) is 10.5 Å². The Morgan fingerprint density at radius 1 is 1.33 bits per heavy atom. The van der Waals surface area contributed by atoms with Crippen LogP contribution in [-0.2, 0) is 17.8 Å². The lowest BCUT2D eigenvalue weighted by Gasteiger charge is -2.30. The second-order valence-electron chi connectivity index (χ2n) is 5.88. The van der Waals surface area contributed by atoms with E-state index in [2.05, 4.69) is 17.9 Å². The number of hydrogen-bond acceptors (Lipinski definition) is 4. The van der Waals surface area contributed by atoms with E-state index < -0.39 is 0 Å². The normalized spacial score (nSPS) is 19.0. The van der Waals surface area contributed by atoms with Crippen LogP contribution in [0.15, 0.2) is 12.1 Å². The molecule has 21 heavy (non-hydrogen) atoms. The minimum atomic E-state index is -0.181. The number of ether oxygens (including phenoxy) is 1. The van der Waals surface area contributed by atoms with Gasteiger partial charge in [-0.25, -0.2) is 4.79 Å². The number of rotatable bonds is 3. The summed E-state index contributed by atoms with van der Waals surface area (Å²) in [6, 6.07) is 4.38. The largest absolute Gasteiger partial charge is 0.457 e. The van der Waals surface area contributed by atoms with Crippen molar-refractivity contribution < 1.29 is 9.53 Å². The number of piperidine rings is 1. The monoisotopic (exact) mass is 310 g/mol. The smallest absolute Gasteiger partial charge is 0.338 e. The standard InChI is InChI=1S/C16H22N2O2.ClH/c1-11-12(2-3-14-15(11)10-20-16(14)19)4-7-18-8-5-13(17)6-9-18;/h2-3,13H,4-10,17H2,1H3;1H. The number of nitrogens with two attached hydrogens (primary N) is 1. The van der Waals surface area contributed by atoms with Gasteiger partial charge in [0, 0.05) is 18.2 Å². The molecule has 1 saturated heterocycles. The third-order valence-corrected chi connectivity index (χ3v) is 4.61. The average Bonchev–Trinajstić information content (AvgIpc) is 2.82. The van der Waals surface area contributed by atoms with Crippen LogP contribution in [0.1, 0.15) is 39.9 Å². The summed E-state index contributed by atoms with van der Waals surface area (Å²) in [5.74, 6) is -0.181. The Hall–Kier alpha value is -1.10. The second kappa shape index (κ2) is 6.77. The van der Waals surface area contributed by atoms with Gasteiger partial charge >= 0.3 is 5.97 Å². The predicted octanol–water partition coefficient (Wildman–Crippen LogP) is 2.05. The Morgan fingerprint density at radius 2 is 2.05 bits per heavy atom. The highest BCUT2D eigenvalue weighted by molar-refractivity contribution is 5.93. The predicted molar refractivity (Wildman–Crippen MR) is 84.9 cm³/mol. The van der Waals surface area contributed by atoms with Gasteiger partial charge in [-0.1, -0.05) is 6.07 Å². The zero-order valence-corrected chi connectivity index (χ0v) is 13.2. The summed E-state index contributed by atoms with van der Waals surface area (Å²) in [6.07, 6.45) is 3.24. The number of carbonyl (C=O) groups is 1. The zero-order chi connectivity index (χ0) is 14.1. The molecule has 4 nitrogen and oxygen atoms in total. The first-order chi connectivity index (χ1) is 9.65. The Balaban J connectivity index is 0.00000161. The number of likely N-dealkylation sites (tertiary alicyclic amines) is 1. The molecule has 2 heterocycles. The van der Waals surface area contributed by atoms with E-state index in [1.165, 1.54) is 11.1 Å². The third kappa shape index (κ3) is 3.39. The van der Waals surface area contributed by atoms with E-state index in [0.717, 1.165) is 50.0 Å². The Morgan fingerprint density at radius 3 is 2.76 bits per heavy atom. The maximum atomic E-state index is 11.5. The maximum absolute atomic E-state index is 11.5. The summed E-state index contributed by atoms with van der Waals surface area (Å²) < 4.78 is 5.10. The van der Waals surface area contributed by atoms with E-state index in [9.17, 15) is 4.79 Å². The zero-order valence-electron chi connectivity index (χ0n) is 12.4. The van der Waals surface area contributed by atoms with Crippen molar-refractivity contribution in [3.05, 3.63) is 34.4 Å². The van der Waals surface area contributed by atoms with Gasteiger partial charge in [0.15, 0.2) is 0 Å². The average molecular weight is 311 g/mol. The highest BCUT2D eigenvalue weighted by atomic mass is 35.5. The Bertz CT molecular complexity index is 525. The maximum Gasteiger partial charge on any atom is 0.338 e. The molecule has 116 valence electrons. The quantitative estimate of drug-likeness (QED) is 0.868. The summed E-state index contributed by atoms with van der Waals surface area (Å²) in [6.45, 7) is 5.81. The lowest BCUT2D eigenvalue weighted by molar-refractivity contribution is 0.0535. The fourth-order valence-corrected chi connectivity index (χ4v) is 3.12.